The normalized spacial score (nSPS) is 23.9. The van der Waals surface area contributed by atoms with Gasteiger partial charge >= 0.3 is 0 Å². The fourth-order valence-corrected chi connectivity index (χ4v) is 5.52. The molecule has 2 atom stereocenters. The Balaban J connectivity index is 1.76. The van der Waals surface area contributed by atoms with Crippen molar-refractivity contribution >= 4 is 27.5 Å². The molecule has 1 aliphatic carbocycles. The minimum Gasteiger partial charge on any atom is -0.352 e. The molecule has 0 saturated heterocycles. The molecule has 1 N–H and O–H groups in total. The monoisotopic (exact) mass is 421 g/mol. The number of hydrogen-bond acceptors (Lipinski definition) is 4. The third-order valence-corrected chi connectivity index (χ3v) is 8.17. The van der Waals surface area contributed by atoms with Crippen LogP contribution in [0.25, 0.3) is 0 Å². The van der Waals surface area contributed by atoms with Crippen molar-refractivity contribution in [3.05, 3.63) is 23.8 Å². The molecular formula is C21H31N3O4S. The number of rotatable bonds is 5. The molecule has 7 nitrogen and oxygen atoms in total. The number of anilines is 1. The summed E-state index contributed by atoms with van der Waals surface area (Å²) in [6, 6.07) is 4.82. The summed E-state index contributed by atoms with van der Waals surface area (Å²) in [7, 11) is -0.754. The summed E-state index contributed by atoms with van der Waals surface area (Å²) in [6.07, 6.45) is 4.28. The van der Waals surface area contributed by atoms with Crippen LogP contribution in [0.2, 0.25) is 0 Å². The van der Waals surface area contributed by atoms with Crippen molar-refractivity contribution in [3.8, 4) is 0 Å². The van der Waals surface area contributed by atoms with Gasteiger partial charge in [-0.25, -0.2) is 8.42 Å². The van der Waals surface area contributed by atoms with Crippen molar-refractivity contribution in [1.82, 2.24) is 9.62 Å². The summed E-state index contributed by atoms with van der Waals surface area (Å²) < 4.78 is 27.2. The van der Waals surface area contributed by atoms with Gasteiger partial charge in [-0.15, -0.1) is 0 Å². The van der Waals surface area contributed by atoms with Crippen molar-refractivity contribution in [1.29, 1.82) is 0 Å². The van der Waals surface area contributed by atoms with E-state index in [2.05, 4.69) is 12.2 Å². The van der Waals surface area contributed by atoms with E-state index < -0.39 is 15.4 Å². The van der Waals surface area contributed by atoms with Gasteiger partial charge in [0, 0.05) is 25.8 Å². The lowest BCUT2D eigenvalue weighted by Gasteiger charge is -2.30. The molecule has 1 heterocycles. The van der Waals surface area contributed by atoms with E-state index in [9.17, 15) is 18.0 Å². The number of likely N-dealkylation sites (N-methyl/N-ethyl adjacent to an activating group) is 2. The Bertz CT molecular complexity index is 926. The smallest absolute Gasteiger partial charge is 0.243 e. The number of carbonyl (C=O) groups is 2. The number of carbonyl (C=O) groups excluding carboxylic acids is 2. The van der Waals surface area contributed by atoms with Crippen LogP contribution in [0.5, 0.6) is 0 Å². The highest BCUT2D eigenvalue weighted by atomic mass is 32.2. The molecule has 29 heavy (non-hydrogen) atoms. The third-order valence-electron chi connectivity index (χ3n) is 6.37. The van der Waals surface area contributed by atoms with Gasteiger partial charge in [0.1, 0.15) is 0 Å². The second-order valence-corrected chi connectivity index (χ2v) is 10.9. The molecule has 3 rings (SSSR count). The molecule has 1 fully saturated rings. The van der Waals surface area contributed by atoms with E-state index in [-0.39, 0.29) is 29.3 Å². The number of fused-ring (bicyclic) bond motifs is 1. The fourth-order valence-electron chi connectivity index (χ4n) is 4.36. The second kappa shape index (κ2) is 7.72. The van der Waals surface area contributed by atoms with Crippen LogP contribution in [-0.2, 0) is 25.0 Å². The van der Waals surface area contributed by atoms with E-state index in [0.29, 0.717) is 17.2 Å². The molecule has 160 valence electrons. The highest BCUT2D eigenvalue weighted by Gasteiger charge is 2.43. The molecular weight excluding hydrogens is 390 g/mol. The molecule has 8 heteroatoms. The molecule has 2 aliphatic rings. The zero-order valence-corrected chi connectivity index (χ0v) is 18.7. The first-order chi connectivity index (χ1) is 13.5. The predicted octanol–water partition coefficient (Wildman–Crippen LogP) is 2.26. The van der Waals surface area contributed by atoms with Crippen molar-refractivity contribution in [2.75, 3.05) is 25.5 Å². The molecule has 2 amide bonds. The summed E-state index contributed by atoms with van der Waals surface area (Å²) in [4.78, 5) is 26.5. The van der Waals surface area contributed by atoms with Crippen molar-refractivity contribution in [2.24, 2.45) is 5.92 Å². The largest absolute Gasteiger partial charge is 0.352 e. The Morgan fingerprint density at radius 2 is 1.93 bits per heavy atom. The molecule has 0 spiro atoms. The molecule has 0 bridgehead atoms. The lowest BCUT2D eigenvalue weighted by Crippen LogP contribution is -2.46. The van der Waals surface area contributed by atoms with Crippen LogP contribution in [0.3, 0.4) is 0 Å². The Morgan fingerprint density at radius 3 is 2.59 bits per heavy atom. The van der Waals surface area contributed by atoms with E-state index in [1.807, 2.05) is 0 Å². The summed E-state index contributed by atoms with van der Waals surface area (Å²) in [5, 5.41) is 2.99. The number of hydrogen-bond donors (Lipinski definition) is 1. The second-order valence-electron chi connectivity index (χ2n) is 8.86. The van der Waals surface area contributed by atoms with Gasteiger partial charge in [0.25, 0.3) is 0 Å². The zero-order valence-electron chi connectivity index (χ0n) is 17.9. The van der Waals surface area contributed by atoms with Crippen LogP contribution in [0.15, 0.2) is 23.1 Å². The summed E-state index contributed by atoms with van der Waals surface area (Å²) >= 11 is 0. The van der Waals surface area contributed by atoms with E-state index in [0.717, 1.165) is 23.6 Å². The van der Waals surface area contributed by atoms with Gasteiger partial charge in [0.05, 0.1) is 16.9 Å². The van der Waals surface area contributed by atoms with E-state index >= 15 is 0 Å². The molecule has 0 radical (unpaired) electrons. The lowest BCUT2D eigenvalue weighted by molar-refractivity contribution is -0.122. The predicted molar refractivity (Wildman–Crippen MR) is 112 cm³/mol. The number of benzene rings is 1. The molecule has 0 aromatic heterocycles. The van der Waals surface area contributed by atoms with E-state index in [4.69, 9.17) is 0 Å². The van der Waals surface area contributed by atoms with Crippen LogP contribution >= 0.6 is 0 Å². The first-order valence-electron chi connectivity index (χ1n) is 10.1. The molecule has 0 unspecified atom stereocenters. The minimum atomic E-state index is -3.85. The SMILES string of the molecule is C[C@H]1CCCC[C@@H]1NC(=O)CN(C)S(=O)(=O)c1ccc2c(c1)C(C)(C)C(=O)N2C. The number of nitrogens with zero attached hydrogens (tertiary/aromatic N) is 2. The van der Waals surface area contributed by atoms with Gasteiger partial charge in [-0.1, -0.05) is 19.8 Å². The molecule has 1 saturated carbocycles. The van der Waals surface area contributed by atoms with Gasteiger partial charge in [0.2, 0.25) is 21.8 Å². The van der Waals surface area contributed by atoms with E-state index in [1.54, 1.807) is 37.9 Å². The quantitative estimate of drug-likeness (QED) is 0.790. The Kier molecular flexibility index (Phi) is 5.80. The summed E-state index contributed by atoms with van der Waals surface area (Å²) in [5.41, 5.74) is 0.605. The van der Waals surface area contributed by atoms with Crippen LogP contribution in [0, 0.1) is 5.92 Å². The van der Waals surface area contributed by atoms with Crippen LogP contribution in [-0.4, -0.2) is 51.2 Å². The van der Waals surface area contributed by atoms with E-state index in [1.165, 1.54) is 19.5 Å². The van der Waals surface area contributed by atoms with Crippen molar-refractivity contribution < 1.29 is 18.0 Å². The van der Waals surface area contributed by atoms with Crippen molar-refractivity contribution in [3.63, 3.8) is 0 Å². The highest BCUT2D eigenvalue weighted by molar-refractivity contribution is 7.89. The maximum atomic E-state index is 13.0. The van der Waals surface area contributed by atoms with Gasteiger partial charge in [-0.3, -0.25) is 9.59 Å². The number of nitrogens with one attached hydrogen (secondary N) is 1. The Hall–Kier alpha value is -1.93. The zero-order chi connectivity index (χ0) is 21.6. The topological polar surface area (TPSA) is 86.8 Å². The Labute approximate surface area is 173 Å². The van der Waals surface area contributed by atoms with Crippen LogP contribution in [0.4, 0.5) is 5.69 Å². The minimum absolute atomic E-state index is 0.0728. The maximum absolute atomic E-state index is 13.0. The van der Waals surface area contributed by atoms with Crippen LogP contribution < -0.4 is 10.2 Å². The van der Waals surface area contributed by atoms with Gasteiger partial charge < -0.3 is 10.2 Å². The van der Waals surface area contributed by atoms with Crippen LogP contribution in [0.1, 0.15) is 52.0 Å². The Morgan fingerprint density at radius 1 is 1.28 bits per heavy atom. The first kappa shape index (κ1) is 21.8. The lowest BCUT2D eigenvalue weighted by atomic mass is 9.86. The number of sulfonamides is 1. The fraction of sp³-hybridized carbons (Fsp3) is 0.619. The van der Waals surface area contributed by atoms with Gasteiger partial charge in [-0.2, -0.15) is 4.31 Å². The van der Waals surface area contributed by atoms with Gasteiger partial charge in [0.15, 0.2) is 0 Å². The first-order valence-corrected chi connectivity index (χ1v) is 11.6. The van der Waals surface area contributed by atoms with Gasteiger partial charge in [-0.05, 0) is 56.4 Å². The molecule has 1 aromatic rings. The van der Waals surface area contributed by atoms with Crippen molar-refractivity contribution in [2.45, 2.75) is 62.8 Å². The summed E-state index contributed by atoms with van der Waals surface area (Å²) in [6.45, 7) is 5.47. The average Bonchev–Trinajstić information content (AvgIpc) is 2.83. The maximum Gasteiger partial charge on any atom is 0.243 e. The number of amides is 2. The average molecular weight is 422 g/mol. The molecule has 1 aromatic carbocycles. The summed E-state index contributed by atoms with van der Waals surface area (Å²) in [5.74, 6) is 0.0469. The third kappa shape index (κ3) is 3.92. The standard InChI is InChI=1S/C21H31N3O4S/c1-14-8-6-7-9-17(14)22-19(25)13-23(4)29(27,28)15-10-11-18-16(12-15)21(2,3)20(26)24(18)5/h10-12,14,17H,6-9,13H2,1-5H3,(H,22,25)/t14-,17-/m0/s1. The molecule has 1 aliphatic heterocycles. The highest BCUT2D eigenvalue weighted by Crippen LogP contribution is 2.41.